The summed E-state index contributed by atoms with van der Waals surface area (Å²) in [6, 6.07) is 5.53. The molecule has 1 aromatic carbocycles. The molecule has 1 unspecified atom stereocenters. The monoisotopic (exact) mass is 343 g/mol. The zero-order valence-corrected chi connectivity index (χ0v) is 13.9. The first-order valence-corrected chi connectivity index (χ1v) is 7.99. The number of hydrogen-bond donors (Lipinski definition) is 2. The van der Waals surface area contributed by atoms with Gasteiger partial charge in [0.15, 0.2) is 5.13 Å². The van der Waals surface area contributed by atoms with Crippen LogP contribution in [0.1, 0.15) is 31.1 Å². The van der Waals surface area contributed by atoms with E-state index in [0.717, 1.165) is 11.3 Å². The average molecular weight is 344 g/mol. The molecule has 1 atom stereocenters. The molecule has 0 radical (unpaired) electrons. The quantitative estimate of drug-likeness (QED) is 0.852. The van der Waals surface area contributed by atoms with Gasteiger partial charge in [0.2, 0.25) is 5.91 Å². The Morgan fingerprint density at radius 3 is 2.86 bits per heavy atom. The number of benzene rings is 1. The van der Waals surface area contributed by atoms with Crippen LogP contribution in [-0.4, -0.2) is 10.9 Å². The summed E-state index contributed by atoms with van der Waals surface area (Å²) in [5, 5.41) is 9.79. The van der Waals surface area contributed by atoms with Crippen LogP contribution in [-0.2, 0) is 11.3 Å². The number of nitrogens with one attached hydrogen (secondary N) is 2. The molecule has 0 fully saturated rings. The van der Waals surface area contributed by atoms with Crippen molar-refractivity contribution >= 4 is 45.6 Å². The molecule has 1 amide bonds. The van der Waals surface area contributed by atoms with E-state index in [1.807, 2.05) is 24.4 Å². The van der Waals surface area contributed by atoms with Gasteiger partial charge in [0, 0.05) is 34.9 Å². The fourth-order valence-electron chi connectivity index (χ4n) is 1.82. The molecule has 7 heteroatoms. The summed E-state index contributed by atoms with van der Waals surface area (Å²) in [4.78, 5) is 15.3. The van der Waals surface area contributed by atoms with Crippen LogP contribution in [0.4, 0.5) is 5.13 Å². The van der Waals surface area contributed by atoms with E-state index in [2.05, 4.69) is 15.6 Å². The van der Waals surface area contributed by atoms with Gasteiger partial charge < -0.3 is 10.6 Å². The molecule has 2 aromatic rings. The molecular formula is C14H15Cl2N3OS. The van der Waals surface area contributed by atoms with E-state index in [4.69, 9.17) is 23.2 Å². The van der Waals surface area contributed by atoms with E-state index in [1.165, 1.54) is 18.3 Å². The van der Waals surface area contributed by atoms with Crippen LogP contribution < -0.4 is 10.6 Å². The summed E-state index contributed by atoms with van der Waals surface area (Å²) in [5.74, 6) is -0.120. The van der Waals surface area contributed by atoms with Gasteiger partial charge in [-0.2, -0.15) is 0 Å². The van der Waals surface area contributed by atoms with Crippen LogP contribution in [0.2, 0.25) is 10.0 Å². The van der Waals surface area contributed by atoms with Crippen molar-refractivity contribution in [3.05, 3.63) is 44.9 Å². The average Bonchev–Trinajstić information content (AvgIpc) is 2.82. The second-order valence-electron chi connectivity index (χ2n) is 4.59. The Bertz CT molecular complexity index is 645. The first-order valence-electron chi connectivity index (χ1n) is 6.36. The van der Waals surface area contributed by atoms with Gasteiger partial charge in [-0.3, -0.25) is 4.79 Å². The third kappa shape index (κ3) is 4.68. The summed E-state index contributed by atoms with van der Waals surface area (Å²) < 4.78 is 0. The van der Waals surface area contributed by atoms with Crippen molar-refractivity contribution in [2.75, 3.05) is 5.32 Å². The molecule has 112 valence electrons. The van der Waals surface area contributed by atoms with Crippen molar-refractivity contribution in [1.82, 2.24) is 10.3 Å². The minimum Gasteiger partial charge on any atom is -0.304 e. The Morgan fingerprint density at radius 1 is 1.43 bits per heavy atom. The highest BCUT2D eigenvalue weighted by Gasteiger charge is 2.11. The molecule has 0 aliphatic rings. The Morgan fingerprint density at radius 2 is 2.19 bits per heavy atom. The van der Waals surface area contributed by atoms with E-state index < -0.39 is 0 Å². The number of carbonyl (C=O) groups excluding carboxylic acids is 1. The summed E-state index contributed by atoms with van der Waals surface area (Å²) in [6.45, 7) is 4.08. The van der Waals surface area contributed by atoms with Crippen LogP contribution >= 0.6 is 34.5 Å². The highest BCUT2D eigenvalue weighted by atomic mass is 35.5. The largest absolute Gasteiger partial charge is 0.304 e. The number of carbonyl (C=O) groups is 1. The molecular weight excluding hydrogens is 329 g/mol. The molecule has 0 bridgehead atoms. The molecule has 4 nitrogen and oxygen atoms in total. The lowest BCUT2D eigenvalue weighted by Gasteiger charge is -2.15. The number of nitrogens with zero attached hydrogens (tertiary/aromatic N) is 1. The van der Waals surface area contributed by atoms with Crippen LogP contribution in [0, 0.1) is 0 Å². The lowest BCUT2D eigenvalue weighted by atomic mass is 10.1. The number of halogens is 2. The maximum atomic E-state index is 11.0. The van der Waals surface area contributed by atoms with Gasteiger partial charge in [-0.05, 0) is 24.6 Å². The number of rotatable bonds is 5. The number of aromatic nitrogens is 1. The molecule has 0 aliphatic heterocycles. The lowest BCUT2D eigenvalue weighted by molar-refractivity contribution is -0.114. The molecule has 2 N–H and O–H groups in total. The van der Waals surface area contributed by atoms with Crippen LogP contribution in [0.15, 0.2) is 23.6 Å². The maximum absolute atomic E-state index is 11.0. The Balaban J connectivity index is 1.95. The fourth-order valence-corrected chi connectivity index (χ4v) is 3.14. The van der Waals surface area contributed by atoms with Crippen molar-refractivity contribution in [2.45, 2.75) is 26.4 Å². The van der Waals surface area contributed by atoms with Crippen LogP contribution in [0.3, 0.4) is 0 Å². The standard InChI is InChI=1S/C14H15Cl2N3OS/c1-8(12-4-3-10(15)5-13(12)16)17-6-11-7-21-14(19-11)18-9(2)20/h3-5,7-8,17H,6H2,1-2H3,(H,18,19,20). The molecule has 21 heavy (non-hydrogen) atoms. The number of amides is 1. The zero-order valence-electron chi connectivity index (χ0n) is 11.6. The molecule has 2 rings (SSSR count). The number of thiazole rings is 1. The highest BCUT2D eigenvalue weighted by Crippen LogP contribution is 2.26. The molecule has 0 spiro atoms. The van der Waals surface area contributed by atoms with Gasteiger partial charge >= 0.3 is 0 Å². The summed E-state index contributed by atoms with van der Waals surface area (Å²) >= 11 is 13.5. The lowest BCUT2D eigenvalue weighted by Crippen LogP contribution is -2.18. The molecule has 1 aromatic heterocycles. The predicted octanol–water partition coefficient (Wildman–Crippen LogP) is 4.26. The van der Waals surface area contributed by atoms with Gasteiger partial charge in [-0.25, -0.2) is 4.98 Å². The third-order valence-corrected chi connectivity index (χ3v) is 4.22. The summed E-state index contributed by atoms with van der Waals surface area (Å²) in [5.41, 5.74) is 1.86. The van der Waals surface area contributed by atoms with Gasteiger partial charge in [0.1, 0.15) is 0 Å². The molecule has 0 saturated heterocycles. The Labute approximate surface area is 137 Å². The Hall–Kier alpha value is -1.14. The maximum Gasteiger partial charge on any atom is 0.223 e. The summed E-state index contributed by atoms with van der Waals surface area (Å²) in [6.07, 6.45) is 0. The van der Waals surface area contributed by atoms with E-state index in [0.29, 0.717) is 21.7 Å². The first-order chi connectivity index (χ1) is 9.95. The van der Waals surface area contributed by atoms with Gasteiger partial charge in [0.05, 0.1) is 5.69 Å². The molecule has 0 saturated carbocycles. The van der Waals surface area contributed by atoms with Crippen molar-refractivity contribution < 1.29 is 4.79 Å². The van der Waals surface area contributed by atoms with Crippen molar-refractivity contribution in [3.8, 4) is 0 Å². The van der Waals surface area contributed by atoms with E-state index in [1.54, 1.807) is 6.07 Å². The SMILES string of the molecule is CC(=O)Nc1nc(CNC(C)c2ccc(Cl)cc2Cl)cs1. The van der Waals surface area contributed by atoms with Crippen molar-refractivity contribution in [1.29, 1.82) is 0 Å². The van der Waals surface area contributed by atoms with Gasteiger partial charge in [0.25, 0.3) is 0 Å². The number of anilines is 1. The molecule has 0 aliphatic carbocycles. The van der Waals surface area contributed by atoms with E-state index in [9.17, 15) is 4.79 Å². The topological polar surface area (TPSA) is 54.0 Å². The third-order valence-electron chi connectivity index (χ3n) is 2.85. The Kier molecular flexibility index (Phi) is 5.58. The van der Waals surface area contributed by atoms with Crippen molar-refractivity contribution in [3.63, 3.8) is 0 Å². The highest BCUT2D eigenvalue weighted by molar-refractivity contribution is 7.13. The van der Waals surface area contributed by atoms with Crippen LogP contribution in [0.25, 0.3) is 0 Å². The minimum absolute atomic E-state index is 0.0701. The predicted molar refractivity (Wildman–Crippen MR) is 88.1 cm³/mol. The summed E-state index contributed by atoms with van der Waals surface area (Å²) in [7, 11) is 0. The zero-order chi connectivity index (χ0) is 15.4. The van der Waals surface area contributed by atoms with E-state index >= 15 is 0 Å². The second kappa shape index (κ2) is 7.22. The minimum atomic E-state index is -0.120. The second-order valence-corrected chi connectivity index (χ2v) is 6.30. The smallest absolute Gasteiger partial charge is 0.223 e. The van der Waals surface area contributed by atoms with Gasteiger partial charge in [-0.1, -0.05) is 29.3 Å². The fraction of sp³-hybridized carbons (Fsp3) is 0.286. The van der Waals surface area contributed by atoms with E-state index in [-0.39, 0.29) is 11.9 Å². The number of hydrogen-bond acceptors (Lipinski definition) is 4. The first kappa shape index (κ1) is 16.2. The molecule has 1 heterocycles. The van der Waals surface area contributed by atoms with Crippen LogP contribution in [0.5, 0.6) is 0 Å². The van der Waals surface area contributed by atoms with Gasteiger partial charge in [-0.15, -0.1) is 11.3 Å². The normalized spacial score (nSPS) is 12.2. The van der Waals surface area contributed by atoms with Crippen molar-refractivity contribution in [2.24, 2.45) is 0 Å².